The molecule has 1 aromatic carbocycles. The number of rotatable bonds is 3. The molecule has 1 fully saturated rings. The van der Waals surface area contributed by atoms with Crippen molar-refractivity contribution in [3.05, 3.63) is 33.9 Å². The van der Waals surface area contributed by atoms with Crippen LogP contribution in [0.3, 0.4) is 0 Å². The molecule has 1 aliphatic heterocycles. The zero-order valence-electron chi connectivity index (χ0n) is 9.91. The van der Waals surface area contributed by atoms with Crippen molar-refractivity contribution in [2.24, 2.45) is 5.10 Å². The quantitative estimate of drug-likeness (QED) is 0.461. The Hall–Kier alpha value is -2.11. The lowest BCUT2D eigenvalue weighted by Crippen LogP contribution is -2.24. The molecule has 96 valence electrons. The standard InChI is InChI=1S/C12H15N3O3/c16-12-5-4-10(8-11(12)15(17)18)9-13-14-6-2-1-3-7-14/h4-5,8-9,16H,1-3,6-7H2/p-1/b13-9-. The van der Waals surface area contributed by atoms with Crippen molar-refractivity contribution >= 4 is 11.9 Å². The van der Waals surface area contributed by atoms with Crippen molar-refractivity contribution in [3.8, 4) is 5.75 Å². The molecule has 6 nitrogen and oxygen atoms in total. The van der Waals surface area contributed by atoms with E-state index in [-0.39, 0.29) is 0 Å². The first kappa shape index (κ1) is 12.3. The summed E-state index contributed by atoms with van der Waals surface area (Å²) in [6.45, 7) is 1.83. The van der Waals surface area contributed by atoms with Gasteiger partial charge >= 0.3 is 0 Å². The molecule has 6 heteroatoms. The zero-order chi connectivity index (χ0) is 13.0. The van der Waals surface area contributed by atoms with E-state index in [1.165, 1.54) is 18.6 Å². The van der Waals surface area contributed by atoms with Crippen molar-refractivity contribution in [2.75, 3.05) is 13.1 Å². The van der Waals surface area contributed by atoms with Crippen molar-refractivity contribution in [1.82, 2.24) is 5.01 Å². The number of hydrazone groups is 1. The summed E-state index contributed by atoms with van der Waals surface area (Å²) in [5.41, 5.74) is 0.171. The highest BCUT2D eigenvalue weighted by molar-refractivity contribution is 5.81. The van der Waals surface area contributed by atoms with Gasteiger partial charge in [-0.15, -0.1) is 0 Å². The highest BCUT2D eigenvalue weighted by Crippen LogP contribution is 2.23. The number of piperidine rings is 1. The van der Waals surface area contributed by atoms with E-state index >= 15 is 0 Å². The molecule has 0 bridgehead atoms. The number of benzene rings is 1. The van der Waals surface area contributed by atoms with Crippen molar-refractivity contribution < 1.29 is 10.0 Å². The van der Waals surface area contributed by atoms with Crippen LogP contribution in [0.4, 0.5) is 5.69 Å². The monoisotopic (exact) mass is 248 g/mol. The average molecular weight is 248 g/mol. The molecule has 0 atom stereocenters. The van der Waals surface area contributed by atoms with Gasteiger partial charge in [-0.05, 0) is 25.0 Å². The predicted molar refractivity (Wildman–Crippen MR) is 65.6 cm³/mol. The molecule has 1 saturated heterocycles. The molecule has 0 saturated carbocycles. The molecule has 1 aliphatic rings. The van der Waals surface area contributed by atoms with Crippen LogP contribution in [0.1, 0.15) is 24.8 Å². The minimum absolute atomic E-state index is 0.405. The van der Waals surface area contributed by atoms with Gasteiger partial charge in [0.05, 0.1) is 11.1 Å². The van der Waals surface area contributed by atoms with Crippen LogP contribution in [0.5, 0.6) is 5.75 Å². The maximum atomic E-state index is 11.2. The maximum absolute atomic E-state index is 11.2. The van der Waals surface area contributed by atoms with Gasteiger partial charge in [-0.3, -0.25) is 15.1 Å². The fourth-order valence-electron chi connectivity index (χ4n) is 1.90. The number of hydrogen-bond acceptors (Lipinski definition) is 5. The molecule has 0 amide bonds. The van der Waals surface area contributed by atoms with Crippen LogP contribution in [0.25, 0.3) is 0 Å². The second-order valence-corrected chi connectivity index (χ2v) is 4.24. The van der Waals surface area contributed by atoms with E-state index in [1.807, 2.05) is 5.01 Å². The van der Waals surface area contributed by atoms with E-state index in [9.17, 15) is 15.2 Å². The summed E-state index contributed by atoms with van der Waals surface area (Å²) in [7, 11) is 0. The minimum atomic E-state index is -0.666. The summed E-state index contributed by atoms with van der Waals surface area (Å²) in [6.07, 6.45) is 5.04. The van der Waals surface area contributed by atoms with Crippen LogP contribution in [-0.4, -0.2) is 29.2 Å². The average Bonchev–Trinajstić information content (AvgIpc) is 2.38. The second kappa shape index (κ2) is 5.48. The summed E-state index contributed by atoms with van der Waals surface area (Å²) in [5.74, 6) is -0.574. The molecule has 0 radical (unpaired) electrons. The first-order valence-corrected chi connectivity index (χ1v) is 5.91. The minimum Gasteiger partial charge on any atom is -0.868 e. The normalized spacial score (nSPS) is 16.1. The van der Waals surface area contributed by atoms with Crippen LogP contribution >= 0.6 is 0 Å². The summed E-state index contributed by atoms with van der Waals surface area (Å²) < 4.78 is 0. The third-order valence-corrected chi connectivity index (χ3v) is 2.88. The molecule has 18 heavy (non-hydrogen) atoms. The van der Waals surface area contributed by atoms with Crippen molar-refractivity contribution in [2.45, 2.75) is 19.3 Å². The van der Waals surface area contributed by atoms with E-state index in [0.717, 1.165) is 25.9 Å². The summed E-state index contributed by atoms with van der Waals surface area (Å²) in [5, 5.41) is 28.1. The summed E-state index contributed by atoms with van der Waals surface area (Å²) in [6, 6.07) is 4.01. The van der Waals surface area contributed by atoms with Crippen LogP contribution in [0, 0.1) is 10.1 Å². The van der Waals surface area contributed by atoms with E-state index in [1.54, 1.807) is 12.3 Å². The summed E-state index contributed by atoms with van der Waals surface area (Å²) in [4.78, 5) is 9.96. The molecule has 1 aromatic rings. The molecule has 0 unspecified atom stereocenters. The third kappa shape index (κ3) is 2.97. The Morgan fingerprint density at radius 1 is 1.28 bits per heavy atom. The van der Waals surface area contributed by atoms with Crippen LogP contribution in [0.15, 0.2) is 23.3 Å². The molecular weight excluding hydrogens is 234 g/mol. The smallest absolute Gasteiger partial charge is 0.262 e. The van der Waals surface area contributed by atoms with Gasteiger partial charge in [-0.25, -0.2) is 0 Å². The Balaban J connectivity index is 2.11. The van der Waals surface area contributed by atoms with Gasteiger partial charge in [0, 0.05) is 24.7 Å². The molecule has 0 aliphatic carbocycles. The van der Waals surface area contributed by atoms with Crippen LogP contribution in [0.2, 0.25) is 0 Å². The highest BCUT2D eigenvalue weighted by atomic mass is 16.6. The van der Waals surface area contributed by atoms with E-state index in [4.69, 9.17) is 0 Å². The molecule has 1 heterocycles. The van der Waals surface area contributed by atoms with Crippen molar-refractivity contribution in [3.63, 3.8) is 0 Å². The Morgan fingerprint density at radius 2 is 2.00 bits per heavy atom. The van der Waals surface area contributed by atoms with E-state index in [0.29, 0.717) is 5.56 Å². The summed E-state index contributed by atoms with van der Waals surface area (Å²) >= 11 is 0. The van der Waals surface area contributed by atoms with Gasteiger partial charge in [0.15, 0.2) is 0 Å². The number of nitrogens with zero attached hydrogens (tertiary/aromatic N) is 3. The number of nitro benzene ring substituents is 1. The molecular formula is C12H14N3O3-. The third-order valence-electron chi connectivity index (χ3n) is 2.88. The Labute approximate surface area is 105 Å². The zero-order valence-corrected chi connectivity index (χ0v) is 9.91. The number of hydrogen-bond donors (Lipinski definition) is 0. The lowest BCUT2D eigenvalue weighted by molar-refractivity contribution is -0.398. The Kier molecular flexibility index (Phi) is 3.76. The van der Waals surface area contributed by atoms with Gasteiger partial charge in [0.2, 0.25) is 0 Å². The molecule has 0 aromatic heterocycles. The Morgan fingerprint density at radius 3 is 2.67 bits per heavy atom. The van der Waals surface area contributed by atoms with Crippen LogP contribution < -0.4 is 5.11 Å². The fourth-order valence-corrected chi connectivity index (χ4v) is 1.90. The van der Waals surface area contributed by atoms with Gasteiger partial charge < -0.3 is 5.11 Å². The van der Waals surface area contributed by atoms with Gasteiger partial charge in [-0.2, -0.15) is 5.10 Å². The van der Waals surface area contributed by atoms with Gasteiger partial charge in [0.25, 0.3) is 5.69 Å². The number of nitro groups is 1. The van der Waals surface area contributed by atoms with Gasteiger partial charge in [-0.1, -0.05) is 12.1 Å². The lowest BCUT2D eigenvalue weighted by atomic mass is 10.2. The predicted octanol–water partition coefficient (Wildman–Crippen LogP) is 1.49. The van der Waals surface area contributed by atoms with E-state index < -0.39 is 16.4 Å². The first-order valence-electron chi connectivity index (χ1n) is 5.91. The topological polar surface area (TPSA) is 81.8 Å². The Bertz CT molecular complexity index is 468. The van der Waals surface area contributed by atoms with E-state index in [2.05, 4.69) is 5.10 Å². The molecule has 0 N–H and O–H groups in total. The second-order valence-electron chi connectivity index (χ2n) is 4.24. The van der Waals surface area contributed by atoms with Gasteiger partial charge in [0.1, 0.15) is 0 Å². The molecule has 0 spiro atoms. The SMILES string of the molecule is O=[N+]([O-])c1cc(/C=N\N2CCCCC2)ccc1[O-]. The first-order chi connectivity index (χ1) is 8.66. The largest absolute Gasteiger partial charge is 0.868 e. The van der Waals surface area contributed by atoms with Crippen LogP contribution in [-0.2, 0) is 0 Å². The molecule has 2 rings (SSSR count). The highest BCUT2D eigenvalue weighted by Gasteiger charge is 2.08. The lowest BCUT2D eigenvalue weighted by Gasteiger charge is -2.23. The fraction of sp³-hybridized carbons (Fsp3) is 0.417. The van der Waals surface area contributed by atoms with Crippen molar-refractivity contribution in [1.29, 1.82) is 0 Å². The maximum Gasteiger partial charge on any atom is 0.262 e.